The molecule has 0 aliphatic carbocycles. The first-order valence-electron chi connectivity index (χ1n) is 8.30. The summed E-state index contributed by atoms with van der Waals surface area (Å²) in [7, 11) is 0. The van der Waals surface area contributed by atoms with E-state index in [-0.39, 0.29) is 17.9 Å². The molecule has 0 saturated carbocycles. The highest BCUT2D eigenvalue weighted by atomic mass is 16.5. The van der Waals surface area contributed by atoms with Crippen molar-refractivity contribution in [3.63, 3.8) is 0 Å². The van der Waals surface area contributed by atoms with E-state index in [4.69, 9.17) is 10.00 Å². The van der Waals surface area contributed by atoms with Crippen LogP contribution >= 0.6 is 0 Å². The lowest BCUT2D eigenvalue weighted by atomic mass is 10.1. The number of rotatable bonds is 5. The Labute approximate surface area is 150 Å². The molecule has 0 aliphatic rings. The first-order chi connectivity index (χ1) is 12.6. The summed E-state index contributed by atoms with van der Waals surface area (Å²) >= 11 is 0. The Morgan fingerprint density at radius 1 is 1.15 bits per heavy atom. The van der Waals surface area contributed by atoms with Crippen LogP contribution in [0.4, 0.5) is 0 Å². The van der Waals surface area contributed by atoms with E-state index in [1.54, 1.807) is 48.5 Å². The number of aryl methyl sites for hydroxylation is 1. The lowest BCUT2D eigenvalue weighted by molar-refractivity contribution is 0.0465. The molecule has 3 aromatic rings. The van der Waals surface area contributed by atoms with E-state index in [0.29, 0.717) is 22.9 Å². The number of nitrogens with zero attached hydrogens (tertiary/aromatic N) is 3. The minimum Gasteiger partial charge on any atom is -0.456 e. The molecular formula is C20H17N3O3. The smallest absolute Gasteiger partial charge is 0.359 e. The number of ether oxygens (including phenoxy) is 1. The van der Waals surface area contributed by atoms with Gasteiger partial charge >= 0.3 is 5.97 Å². The van der Waals surface area contributed by atoms with Gasteiger partial charge in [0.15, 0.2) is 5.69 Å². The lowest BCUT2D eigenvalue weighted by Crippen LogP contribution is -2.26. The Hall–Kier alpha value is -3.46. The van der Waals surface area contributed by atoms with E-state index in [1.165, 1.54) is 4.68 Å². The van der Waals surface area contributed by atoms with Crippen molar-refractivity contribution in [2.75, 3.05) is 0 Å². The van der Waals surface area contributed by atoms with E-state index >= 15 is 0 Å². The van der Waals surface area contributed by atoms with Gasteiger partial charge in [-0.15, -0.1) is 0 Å². The van der Waals surface area contributed by atoms with Gasteiger partial charge in [0, 0.05) is 11.9 Å². The third kappa shape index (κ3) is 3.47. The molecule has 1 aromatic heterocycles. The van der Waals surface area contributed by atoms with Crippen LogP contribution in [0.5, 0.6) is 0 Å². The van der Waals surface area contributed by atoms with Gasteiger partial charge in [0.1, 0.15) is 6.61 Å². The maximum Gasteiger partial charge on any atom is 0.359 e. The summed E-state index contributed by atoms with van der Waals surface area (Å²) in [4.78, 5) is 25.0. The Morgan fingerprint density at radius 3 is 2.50 bits per heavy atom. The van der Waals surface area contributed by atoms with Gasteiger partial charge in [0.25, 0.3) is 5.56 Å². The summed E-state index contributed by atoms with van der Waals surface area (Å²) in [5.74, 6) is -0.588. The Bertz CT molecular complexity index is 1050. The summed E-state index contributed by atoms with van der Waals surface area (Å²) in [5, 5.41) is 14.0. The molecule has 3 rings (SSSR count). The molecule has 0 atom stereocenters. The highest BCUT2D eigenvalue weighted by Gasteiger charge is 2.17. The molecule has 26 heavy (non-hydrogen) atoms. The largest absolute Gasteiger partial charge is 0.456 e. The fraction of sp³-hybridized carbons (Fsp3) is 0.200. The maximum atomic E-state index is 12.6. The van der Waals surface area contributed by atoms with Crippen molar-refractivity contribution in [1.29, 1.82) is 5.26 Å². The van der Waals surface area contributed by atoms with Crippen LogP contribution < -0.4 is 5.56 Å². The number of hydrogen-bond donors (Lipinski definition) is 0. The van der Waals surface area contributed by atoms with E-state index in [2.05, 4.69) is 5.10 Å². The number of aromatic nitrogens is 2. The molecular weight excluding hydrogens is 330 g/mol. The minimum atomic E-state index is -0.588. The molecule has 0 spiro atoms. The fourth-order valence-electron chi connectivity index (χ4n) is 2.64. The first kappa shape index (κ1) is 17.4. The number of nitriles is 1. The van der Waals surface area contributed by atoms with Crippen molar-refractivity contribution in [3.8, 4) is 6.07 Å². The maximum absolute atomic E-state index is 12.6. The minimum absolute atomic E-state index is 0.0629. The molecule has 0 N–H and O–H groups in total. The van der Waals surface area contributed by atoms with Crippen molar-refractivity contribution < 1.29 is 9.53 Å². The zero-order valence-electron chi connectivity index (χ0n) is 14.3. The SMILES string of the molecule is CCCn1nc(C(=O)OCc2ccc(C#N)cc2)c2ccccc2c1=O. The third-order valence-corrected chi connectivity index (χ3v) is 3.95. The molecule has 6 nitrogen and oxygen atoms in total. The highest BCUT2D eigenvalue weighted by molar-refractivity contribution is 6.02. The Balaban J connectivity index is 1.90. The number of fused-ring (bicyclic) bond motifs is 1. The van der Waals surface area contributed by atoms with Crippen LogP contribution in [0.25, 0.3) is 10.8 Å². The first-order valence-corrected chi connectivity index (χ1v) is 8.30. The molecule has 2 aromatic carbocycles. The highest BCUT2D eigenvalue weighted by Crippen LogP contribution is 2.15. The Kier molecular flexibility index (Phi) is 5.09. The van der Waals surface area contributed by atoms with Crippen molar-refractivity contribution in [3.05, 3.63) is 75.7 Å². The Morgan fingerprint density at radius 2 is 1.85 bits per heavy atom. The van der Waals surface area contributed by atoms with E-state index < -0.39 is 5.97 Å². The van der Waals surface area contributed by atoms with Crippen LogP contribution in [0, 0.1) is 11.3 Å². The van der Waals surface area contributed by atoms with Gasteiger partial charge in [-0.05, 0) is 30.2 Å². The molecule has 1 heterocycles. The van der Waals surface area contributed by atoms with Gasteiger partial charge in [-0.3, -0.25) is 4.79 Å². The second-order valence-corrected chi connectivity index (χ2v) is 5.81. The van der Waals surface area contributed by atoms with Gasteiger partial charge in [0.05, 0.1) is 17.0 Å². The molecule has 0 fully saturated rings. The molecule has 0 saturated heterocycles. The second kappa shape index (κ2) is 7.62. The predicted octanol–water partition coefficient (Wildman–Crippen LogP) is 3.04. The number of carbonyl (C=O) groups is 1. The normalized spacial score (nSPS) is 10.5. The van der Waals surface area contributed by atoms with Crippen LogP contribution in [0.3, 0.4) is 0 Å². The van der Waals surface area contributed by atoms with Gasteiger partial charge in [-0.2, -0.15) is 10.4 Å². The van der Waals surface area contributed by atoms with Gasteiger partial charge in [-0.1, -0.05) is 37.3 Å². The van der Waals surface area contributed by atoms with Crippen LogP contribution in [0.15, 0.2) is 53.3 Å². The summed E-state index contributed by atoms with van der Waals surface area (Å²) < 4.78 is 6.68. The van der Waals surface area contributed by atoms with E-state index in [1.807, 2.05) is 13.0 Å². The number of carbonyl (C=O) groups excluding carboxylic acids is 1. The quantitative estimate of drug-likeness (QED) is 0.662. The van der Waals surface area contributed by atoms with E-state index in [0.717, 1.165) is 12.0 Å². The summed E-state index contributed by atoms with van der Waals surface area (Å²) in [6.45, 7) is 2.43. The molecule has 6 heteroatoms. The third-order valence-electron chi connectivity index (χ3n) is 3.95. The number of hydrogen-bond acceptors (Lipinski definition) is 5. The number of esters is 1. The van der Waals surface area contributed by atoms with Gasteiger partial charge < -0.3 is 4.74 Å². The van der Waals surface area contributed by atoms with Crippen molar-refractivity contribution in [2.24, 2.45) is 0 Å². The zero-order valence-corrected chi connectivity index (χ0v) is 14.3. The zero-order chi connectivity index (χ0) is 18.5. The van der Waals surface area contributed by atoms with Crippen LogP contribution in [0.1, 0.15) is 35.0 Å². The second-order valence-electron chi connectivity index (χ2n) is 5.81. The van der Waals surface area contributed by atoms with Crippen LogP contribution in [-0.2, 0) is 17.9 Å². The molecule has 0 bridgehead atoms. The van der Waals surface area contributed by atoms with Crippen molar-refractivity contribution in [1.82, 2.24) is 9.78 Å². The predicted molar refractivity (Wildman–Crippen MR) is 96.6 cm³/mol. The molecule has 0 amide bonds. The molecule has 0 aliphatic heterocycles. The lowest BCUT2D eigenvalue weighted by Gasteiger charge is -2.10. The van der Waals surface area contributed by atoms with Gasteiger partial charge in [-0.25, -0.2) is 9.48 Å². The monoisotopic (exact) mass is 347 g/mol. The topological polar surface area (TPSA) is 85.0 Å². The summed E-state index contributed by atoms with van der Waals surface area (Å²) in [6, 6.07) is 15.7. The molecule has 0 unspecified atom stereocenters. The van der Waals surface area contributed by atoms with Crippen LogP contribution in [0.2, 0.25) is 0 Å². The van der Waals surface area contributed by atoms with Crippen molar-refractivity contribution in [2.45, 2.75) is 26.5 Å². The molecule has 130 valence electrons. The van der Waals surface area contributed by atoms with Crippen molar-refractivity contribution >= 4 is 16.7 Å². The summed E-state index contributed by atoms with van der Waals surface area (Å²) in [6.07, 6.45) is 0.727. The number of benzene rings is 2. The fourth-order valence-corrected chi connectivity index (χ4v) is 2.64. The molecule has 0 radical (unpaired) electrons. The van der Waals surface area contributed by atoms with Crippen LogP contribution in [-0.4, -0.2) is 15.7 Å². The summed E-state index contributed by atoms with van der Waals surface area (Å²) in [5.41, 5.74) is 1.22. The average Bonchev–Trinajstić information content (AvgIpc) is 2.69. The standard InChI is InChI=1S/C20H17N3O3/c1-2-11-23-19(24)17-6-4-3-5-16(17)18(22-23)20(25)26-13-15-9-7-14(12-21)8-10-15/h3-10H,2,11,13H2,1H3. The van der Waals surface area contributed by atoms with E-state index in [9.17, 15) is 9.59 Å². The van der Waals surface area contributed by atoms with Gasteiger partial charge in [0.2, 0.25) is 0 Å². The average molecular weight is 347 g/mol.